The van der Waals surface area contributed by atoms with Gasteiger partial charge in [0.15, 0.2) is 11.5 Å². The van der Waals surface area contributed by atoms with Crippen LogP contribution in [0, 0.1) is 0 Å². The third kappa shape index (κ3) is 1.70. The molecule has 0 fully saturated rings. The molecule has 0 aliphatic carbocycles. The fourth-order valence-corrected chi connectivity index (χ4v) is 1.84. The summed E-state index contributed by atoms with van der Waals surface area (Å²) in [7, 11) is 0. The van der Waals surface area contributed by atoms with E-state index in [9.17, 15) is 0 Å². The third-order valence-electron chi connectivity index (χ3n) is 2.34. The molecule has 0 spiro atoms. The Labute approximate surface area is 105 Å². The second-order valence-electron chi connectivity index (χ2n) is 3.34. The Morgan fingerprint density at radius 3 is 2.56 bits per heavy atom. The first-order chi connectivity index (χ1) is 7.34. The quantitative estimate of drug-likeness (QED) is 0.632. The zero-order valence-electron chi connectivity index (χ0n) is 8.24. The molecule has 82 valence electrons. The Hall–Kier alpha value is -1.38. The molecule has 0 saturated heterocycles. The number of hydrogen-bond acceptors (Lipinski definition) is 2. The summed E-state index contributed by atoms with van der Waals surface area (Å²) in [6.07, 6.45) is 0. The SMILES string of the molecule is Cl.Clc1cccc2c1Nc1ccccc1O2. The molecule has 1 aliphatic rings. The van der Waals surface area contributed by atoms with Gasteiger partial charge in [0.05, 0.1) is 10.7 Å². The van der Waals surface area contributed by atoms with Crippen molar-refractivity contribution >= 4 is 35.4 Å². The molecular weight excluding hydrogens is 245 g/mol. The van der Waals surface area contributed by atoms with Crippen molar-refractivity contribution in [2.75, 3.05) is 5.32 Å². The fraction of sp³-hybridized carbons (Fsp3) is 0. The molecule has 0 saturated carbocycles. The summed E-state index contributed by atoms with van der Waals surface area (Å²) < 4.78 is 5.71. The summed E-state index contributed by atoms with van der Waals surface area (Å²) in [4.78, 5) is 0. The van der Waals surface area contributed by atoms with Crippen LogP contribution in [0.4, 0.5) is 11.4 Å². The lowest BCUT2D eigenvalue weighted by Gasteiger charge is -2.22. The van der Waals surface area contributed by atoms with Crippen LogP contribution in [0.2, 0.25) is 5.02 Å². The van der Waals surface area contributed by atoms with Crippen molar-refractivity contribution in [1.82, 2.24) is 0 Å². The van der Waals surface area contributed by atoms with Crippen LogP contribution < -0.4 is 10.1 Å². The summed E-state index contributed by atoms with van der Waals surface area (Å²) >= 11 is 6.07. The predicted octanol–water partition coefficient (Wildman–Crippen LogP) is 4.61. The second-order valence-corrected chi connectivity index (χ2v) is 3.74. The molecule has 4 heteroatoms. The molecule has 1 N–H and O–H groups in total. The first-order valence-electron chi connectivity index (χ1n) is 4.67. The normalized spacial score (nSPS) is 11.3. The van der Waals surface area contributed by atoms with Crippen molar-refractivity contribution in [3.05, 3.63) is 47.5 Å². The van der Waals surface area contributed by atoms with Gasteiger partial charge in [-0.2, -0.15) is 0 Å². The maximum absolute atomic E-state index is 6.07. The number of ether oxygens (including phenoxy) is 1. The van der Waals surface area contributed by atoms with Crippen LogP contribution >= 0.6 is 24.0 Å². The van der Waals surface area contributed by atoms with Gasteiger partial charge in [0, 0.05) is 0 Å². The van der Waals surface area contributed by atoms with E-state index >= 15 is 0 Å². The lowest BCUT2D eigenvalue weighted by molar-refractivity contribution is 0.481. The first-order valence-corrected chi connectivity index (χ1v) is 5.05. The molecule has 0 radical (unpaired) electrons. The second kappa shape index (κ2) is 4.24. The highest BCUT2D eigenvalue weighted by Crippen LogP contribution is 2.44. The number of halogens is 2. The van der Waals surface area contributed by atoms with Gasteiger partial charge in [0.2, 0.25) is 0 Å². The molecule has 2 aromatic rings. The van der Waals surface area contributed by atoms with E-state index in [0.29, 0.717) is 5.02 Å². The highest BCUT2D eigenvalue weighted by molar-refractivity contribution is 6.33. The van der Waals surface area contributed by atoms with E-state index in [-0.39, 0.29) is 12.4 Å². The van der Waals surface area contributed by atoms with Gasteiger partial charge in [0.1, 0.15) is 5.69 Å². The zero-order chi connectivity index (χ0) is 10.3. The number of fused-ring (bicyclic) bond motifs is 2. The zero-order valence-corrected chi connectivity index (χ0v) is 9.81. The number of rotatable bonds is 0. The molecular formula is C12H9Cl2NO. The van der Waals surface area contributed by atoms with Gasteiger partial charge in [-0.1, -0.05) is 29.8 Å². The molecule has 0 atom stereocenters. The summed E-state index contributed by atoms with van der Waals surface area (Å²) in [6, 6.07) is 13.4. The summed E-state index contributed by atoms with van der Waals surface area (Å²) in [6.45, 7) is 0. The van der Waals surface area contributed by atoms with Gasteiger partial charge in [0.25, 0.3) is 0 Å². The van der Waals surface area contributed by atoms with Crippen LogP contribution in [0.3, 0.4) is 0 Å². The van der Waals surface area contributed by atoms with Crippen LogP contribution in [0.5, 0.6) is 11.5 Å². The molecule has 0 bridgehead atoms. The van der Waals surface area contributed by atoms with Crippen LogP contribution in [0.1, 0.15) is 0 Å². The Balaban J connectivity index is 0.000000963. The number of nitrogens with one attached hydrogen (secondary N) is 1. The van der Waals surface area contributed by atoms with Crippen LogP contribution in [-0.2, 0) is 0 Å². The van der Waals surface area contributed by atoms with Crippen LogP contribution in [-0.4, -0.2) is 0 Å². The van der Waals surface area contributed by atoms with Crippen molar-refractivity contribution in [3.8, 4) is 11.5 Å². The number of anilines is 2. The molecule has 1 aliphatic heterocycles. The van der Waals surface area contributed by atoms with Gasteiger partial charge >= 0.3 is 0 Å². The standard InChI is InChI=1S/C12H8ClNO.ClH/c13-8-4-3-7-11-12(8)14-9-5-1-2-6-10(9)15-11;/h1-7,14H;1H. The molecule has 2 aromatic carbocycles. The van der Waals surface area contributed by atoms with E-state index in [4.69, 9.17) is 16.3 Å². The van der Waals surface area contributed by atoms with Crippen molar-refractivity contribution in [2.24, 2.45) is 0 Å². The minimum absolute atomic E-state index is 0. The topological polar surface area (TPSA) is 21.3 Å². The molecule has 0 unspecified atom stereocenters. The maximum atomic E-state index is 6.07. The minimum atomic E-state index is 0. The fourth-order valence-electron chi connectivity index (χ4n) is 1.62. The van der Waals surface area contributed by atoms with Crippen LogP contribution in [0.25, 0.3) is 0 Å². The van der Waals surface area contributed by atoms with E-state index in [1.165, 1.54) is 0 Å². The Morgan fingerprint density at radius 1 is 0.938 bits per heavy atom. The lowest BCUT2D eigenvalue weighted by atomic mass is 10.2. The number of benzene rings is 2. The van der Waals surface area contributed by atoms with Gasteiger partial charge in [-0.3, -0.25) is 0 Å². The third-order valence-corrected chi connectivity index (χ3v) is 2.66. The van der Waals surface area contributed by atoms with Gasteiger partial charge in [-0.05, 0) is 24.3 Å². The molecule has 16 heavy (non-hydrogen) atoms. The average molecular weight is 254 g/mol. The summed E-state index contributed by atoms with van der Waals surface area (Å²) in [5.41, 5.74) is 1.77. The molecule has 3 rings (SSSR count). The van der Waals surface area contributed by atoms with E-state index in [0.717, 1.165) is 22.9 Å². The van der Waals surface area contributed by atoms with E-state index < -0.39 is 0 Å². The van der Waals surface area contributed by atoms with Gasteiger partial charge in [-0.15, -0.1) is 12.4 Å². The highest BCUT2D eigenvalue weighted by Gasteiger charge is 2.17. The molecule has 1 heterocycles. The smallest absolute Gasteiger partial charge is 0.152 e. The van der Waals surface area contributed by atoms with E-state index in [1.807, 2.05) is 42.5 Å². The number of hydrogen-bond donors (Lipinski definition) is 1. The highest BCUT2D eigenvalue weighted by atomic mass is 35.5. The van der Waals surface area contributed by atoms with Crippen molar-refractivity contribution in [1.29, 1.82) is 0 Å². The average Bonchev–Trinajstić information content (AvgIpc) is 2.27. The van der Waals surface area contributed by atoms with Gasteiger partial charge < -0.3 is 10.1 Å². The number of para-hydroxylation sites is 3. The van der Waals surface area contributed by atoms with E-state index in [2.05, 4.69) is 5.32 Å². The largest absolute Gasteiger partial charge is 0.453 e. The summed E-state index contributed by atoms with van der Waals surface area (Å²) in [5.74, 6) is 1.59. The molecule has 2 nitrogen and oxygen atoms in total. The Morgan fingerprint density at radius 2 is 1.69 bits per heavy atom. The Kier molecular flexibility index (Phi) is 2.95. The molecule has 0 amide bonds. The Bertz CT molecular complexity index is 528. The van der Waals surface area contributed by atoms with Crippen molar-refractivity contribution < 1.29 is 4.74 Å². The minimum Gasteiger partial charge on any atom is -0.453 e. The predicted molar refractivity (Wildman–Crippen MR) is 68.5 cm³/mol. The summed E-state index contributed by atoms with van der Waals surface area (Å²) in [5, 5.41) is 3.92. The lowest BCUT2D eigenvalue weighted by Crippen LogP contribution is -2.02. The monoisotopic (exact) mass is 253 g/mol. The maximum Gasteiger partial charge on any atom is 0.152 e. The van der Waals surface area contributed by atoms with Crippen LogP contribution in [0.15, 0.2) is 42.5 Å². The van der Waals surface area contributed by atoms with Crippen molar-refractivity contribution in [2.45, 2.75) is 0 Å². The van der Waals surface area contributed by atoms with Gasteiger partial charge in [-0.25, -0.2) is 0 Å². The van der Waals surface area contributed by atoms with E-state index in [1.54, 1.807) is 0 Å². The first kappa shape index (κ1) is 11.1. The molecule has 0 aromatic heterocycles. The van der Waals surface area contributed by atoms with Crippen molar-refractivity contribution in [3.63, 3.8) is 0 Å².